The number of nitrogens with zero attached hydrogens (tertiary/aromatic N) is 1. The topological polar surface area (TPSA) is 67.6 Å². The maximum absolute atomic E-state index is 12.0. The molecule has 2 fully saturated rings. The molecule has 0 aromatic carbocycles. The van der Waals surface area contributed by atoms with E-state index in [1.54, 1.807) is 7.11 Å². The molecule has 2 aliphatic rings. The summed E-state index contributed by atoms with van der Waals surface area (Å²) < 4.78 is 5.39. The van der Waals surface area contributed by atoms with Crippen LogP contribution in [-0.4, -0.2) is 55.7 Å². The van der Waals surface area contributed by atoms with Gasteiger partial charge in [0, 0.05) is 26.7 Å². The number of ether oxygens (including phenoxy) is 1. The van der Waals surface area contributed by atoms with E-state index in [-0.39, 0.29) is 5.91 Å². The van der Waals surface area contributed by atoms with Crippen LogP contribution in [0.15, 0.2) is 0 Å². The van der Waals surface area contributed by atoms with Gasteiger partial charge in [0.25, 0.3) is 0 Å². The van der Waals surface area contributed by atoms with E-state index in [4.69, 9.17) is 10.5 Å². The van der Waals surface area contributed by atoms with Gasteiger partial charge in [0.1, 0.15) is 5.54 Å². The summed E-state index contributed by atoms with van der Waals surface area (Å²) in [6.45, 7) is 3.86. The van der Waals surface area contributed by atoms with Gasteiger partial charge in [-0.05, 0) is 38.6 Å². The van der Waals surface area contributed by atoms with Gasteiger partial charge in [0.2, 0.25) is 5.91 Å². The largest absolute Gasteiger partial charge is 0.381 e. The summed E-state index contributed by atoms with van der Waals surface area (Å²) in [4.78, 5) is 14.3. The molecule has 1 amide bonds. The lowest BCUT2D eigenvalue weighted by atomic mass is 9.78. The number of carbonyl (C=O) groups is 1. The summed E-state index contributed by atoms with van der Waals surface area (Å²) in [5, 5.41) is 3.37. The Kier molecular flexibility index (Phi) is 4.59. The first kappa shape index (κ1) is 13.8. The summed E-state index contributed by atoms with van der Waals surface area (Å²) in [7, 11) is 1.75. The Morgan fingerprint density at radius 2 is 2.06 bits per heavy atom. The first-order chi connectivity index (χ1) is 8.69. The van der Waals surface area contributed by atoms with Gasteiger partial charge in [0.05, 0.1) is 6.10 Å². The van der Waals surface area contributed by atoms with Crippen molar-refractivity contribution in [3.8, 4) is 0 Å². The Morgan fingerprint density at radius 1 is 1.33 bits per heavy atom. The molecule has 0 atom stereocenters. The third-order valence-corrected chi connectivity index (χ3v) is 4.50. The standard InChI is InChI=1S/C13H25N3O2/c1-18-11-3-5-13(6-4-11,12(14)17)16-9-2-7-15-8-10-16/h11,15H,2-10H2,1H3,(H2,14,17). The lowest BCUT2D eigenvalue weighted by Gasteiger charge is -2.45. The van der Waals surface area contributed by atoms with Gasteiger partial charge in [-0.15, -0.1) is 0 Å². The smallest absolute Gasteiger partial charge is 0.237 e. The molecule has 0 spiro atoms. The molecule has 5 heteroatoms. The second-order valence-electron chi connectivity index (χ2n) is 5.42. The fourth-order valence-electron chi connectivity index (χ4n) is 3.30. The average molecular weight is 255 g/mol. The molecular formula is C13H25N3O2. The maximum atomic E-state index is 12.0. The van der Waals surface area contributed by atoms with Crippen LogP contribution < -0.4 is 11.1 Å². The number of primary amides is 1. The fourth-order valence-corrected chi connectivity index (χ4v) is 3.30. The second kappa shape index (κ2) is 5.99. The number of hydrogen-bond acceptors (Lipinski definition) is 4. The minimum atomic E-state index is -0.430. The van der Waals surface area contributed by atoms with Gasteiger partial charge >= 0.3 is 0 Å². The first-order valence-electron chi connectivity index (χ1n) is 6.97. The van der Waals surface area contributed by atoms with E-state index in [1.807, 2.05) is 0 Å². The Morgan fingerprint density at radius 3 is 2.67 bits per heavy atom. The first-order valence-corrected chi connectivity index (χ1v) is 6.97. The van der Waals surface area contributed by atoms with E-state index in [2.05, 4.69) is 10.2 Å². The third-order valence-electron chi connectivity index (χ3n) is 4.50. The number of rotatable bonds is 3. The molecule has 0 aromatic heterocycles. The van der Waals surface area contributed by atoms with Crippen molar-refractivity contribution >= 4 is 5.91 Å². The average Bonchev–Trinajstić information content (AvgIpc) is 2.67. The SMILES string of the molecule is COC1CCC(C(N)=O)(N2CCCNCC2)CC1. The van der Waals surface area contributed by atoms with Crippen molar-refractivity contribution in [2.24, 2.45) is 5.73 Å². The van der Waals surface area contributed by atoms with Crippen molar-refractivity contribution < 1.29 is 9.53 Å². The van der Waals surface area contributed by atoms with Crippen LogP contribution in [0.25, 0.3) is 0 Å². The van der Waals surface area contributed by atoms with E-state index >= 15 is 0 Å². The van der Waals surface area contributed by atoms with Gasteiger partial charge in [-0.1, -0.05) is 0 Å². The second-order valence-corrected chi connectivity index (χ2v) is 5.42. The van der Waals surface area contributed by atoms with Crippen molar-refractivity contribution in [3.05, 3.63) is 0 Å². The molecule has 104 valence electrons. The van der Waals surface area contributed by atoms with Crippen LogP contribution >= 0.6 is 0 Å². The highest BCUT2D eigenvalue weighted by molar-refractivity contribution is 5.84. The van der Waals surface area contributed by atoms with Gasteiger partial charge < -0.3 is 15.8 Å². The molecule has 1 aliphatic heterocycles. The van der Waals surface area contributed by atoms with Gasteiger partial charge in [-0.3, -0.25) is 9.69 Å². The van der Waals surface area contributed by atoms with Crippen LogP contribution in [-0.2, 0) is 9.53 Å². The third kappa shape index (κ3) is 2.68. The summed E-state index contributed by atoms with van der Waals surface area (Å²) in [5.41, 5.74) is 5.30. The van der Waals surface area contributed by atoms with Crippen molar-refractivity contribution in [3.63, 3.8) is 0 Å². The van der Waals surface area contributed by atoms with E-state index in [0.717, 1.165) is 58.3 Å². The number of nitrogens with one attached hydrogen (secondary N) is 1. The summed E-state index contributed by atoms with van der Waals surface area (Å²) in [6, 6.07) is 0. The molecule has 0 radical (unpaired) electrons. The number of carbonyl (C=O) groups excluding carboxylic acids is 1. The number of nitrogens with two attached hydrogens (primary N) is 1. The predicted octanol–water partition coefficient (Wildman–Crippen LogP) is 0.0948. The maximum Gasteiger partial charge on any atom is 0.237 e. The number of hydrogen-bond donors (Lipinski definition) is 2. The molecule has 5 nitrogen and oxygen atoms in total. The molecular weight excluding hydrogens is 230 g/mol. The molecule has 18 heavy (non-hydrogen) atoms. The molecule has 1 saturated heterocycles. The zero-order chi connectivity index (χ0) is 13.0. The molecule has 0 aromatic rings. The highest BCUT2D eigenvalue weighted by atomic mass is 16.5. The summed E-state index contributed by atoms with van der Waals surface area (Å²) in [5.74, 6) is -0.154. The Balaban J connectivity index is 2.09. The lowest BCUT2D eigenvalue weighted by molar-refractivity contribution is -0.134. The molecule has 1 saturated carbocycles. The summed E-state index contributed by atoms with van der Waals surface area (Å²) in [6.07, 6.45) is 4.92. The normalized spacial score (nSPS) is 35.1. The molecule has 2 rings (SSSR count). The molecule has 1 aliphatic carbocycles. The quantitative estimate of drug-likeness (QED) is 0.750. The van der Waals surface area contributed by atoms with Crippen LogP contribution in [0.4, 0.5) is 0 Å². The van der Waals surface area contributed by atoms with E-state index in [0.29, 0.717) is 6.10 Å². The van der Waals surface area contributed by atoms with Crippen LogP contribution in [0.3, 0.4) is 0 Å². The van der Waals surface area contributed by atoms with Gasteiger partial charge in [-0.25, -0.2) is 0 Å². The zero-order valence-corrected chi connectivity index (χ0v) is 11.3. The molecule has 3 N–H and O–H groups in total. The highest BCUT2D eigenvalue weighted by Crippen LogP contribution is 2.35. The molecule has 1 heterocycles. The zero-order valence-electron chi connectivity index (χ0n) is 11.3. The van der Waals surface area contributed by atoms with Crippen molar-refractivity contribution in [2.75, 3.05) is 33.3 Å². The molecule has 0 unspecified atom stereocenters. The van der Waals surface area contributed by atoms with Crippen LogP contribution in [0.1, 0.15) is 32.1 Å². The van der Waals surface area contributed by atoms with Crippen molar-refractivity contribution in [1.29, 1.82) is 0 Å². The monoisotopic (exact) mass is 255 g/mol. The van der Waals surface area contributed by atoms with Crippen molar-refractivity contribution in [2.45, 2.75) is 43.7 Å². The molecule has 0 bridgehead atoms. The Bertz CT molecular complexity index is 280. The van der Waals surface area contributed by atoms with Crippen LogP contribution in [0.5, 0.6) is 0 Å². The minimum absolute atomic E-state index is 0.154. The Hall–Kier alpha value is -0.650. The Labute approximate surface area is 109 Å². The predicted molar refractivity (Wildman–Crippen MR) is 70.3 cm³/mol. The summed E-state index contributed by atoms with van der Waals surface area (Å²) >= 11 is 0. The van der Waals surface area contributed by atoms with Crippen molar-refractivity contribution in [1.82, 2.24) is 10.2 Å². The van der Waals surface area contributed by atoms with E-state index < -0.39 is 5.54 Å². The highest BCUT2D eigenvalue weighted by Gasteiger charge is 2.45. The number of amides is 1. The van der Waals surface area contributed by atoms with Crippen LogP contribution in [0, 0.1) is 0 Å². The van der Waals surface area contributed by atoms with E-state index in [9.17, 15) is 4.79 Å². The van der Waals surface area contributed by atoms with Gasteiger partial charge in [0.15, 0.2) is 0 Å². The number of methoxy groups -OCH3 is 1. The lowest BCUT2D eigenvalue weighted by Crippen LogP contribution is -2.60. The fraction of sp³-hybridized carbons (Fsp3) is 0.923. The minimum Gasteiger partial charge on any atom is -0.381 e. The van der Waals surface area contributed by atoms with E-state index in [1.165, 1.54) is 0 Å². The van der Waals surface area contributed by atoms with Gasteiger partial charge in [-0.2, -0.15) is 0 Å². The van der Waals surface area contributed by atoms with Crippen LogP contribution in [0.2, 0.25) is 0 Å².